The number of aromatic nitrogens is 3. The summed E-state index contributed by atoms with van der Waals surface area (Å²) >= 11 is 5.20. The fraction of sp³-hybridized carbons (Fsp3) is 0.231. The lowest BCUT2D eigenvalue weighted by molar-refractivity contribution is -0.137. The number of carbonyl (C=O) groups is 2. The van der Waals surface area contributed by atoms with Crippen LogP contribution in [0.15, 0.2) is 30.3 Å². The molecule has 1 atom stereocenters. The highest BCUT2D eigenvalue weighted by Gasteiger charge is 2.39. The molecule has 2 aromatic rings. The van der Waals surface area contributed by atoms with Gasteiger partial charge >= 0.3 is 0 Å². The van der Waals surface area contributed by atoms with E-state index in [4.69, 9.17) is 12.2 Å². The zero-order chi connectivity index (χ0) is 14.3. The van der Waals surface area contributed by atoms with Gasteiger partial charge in [-0.3, -0.25) is 24.2 Å². The standard InChI is InChI=1S/C13H12N4O2S/c1-16-10(18)7-9(12(16)19)17-11(14-15-13(17)20)8-5-3-2-4-6-8/h2-6,9H,7H2,1H3,(H,15,20). The quantitative estimate of drug-likeness (QED) is 0.672. The van der Waals surface area contributed by atoms with E-state index >= 15 is 0 Å². The summed E-state index contributed by atoms with van der Waals surface area (Å²) in [5, 5.41) is 6.88. The van der Waals surface area contributed by atoms with Crippen molar-refractivity contribution in [3.8, 4) is 11.4 Å². The van der Waals surface area contributed by atoms with Crippen LogP contribution in [-0.4, -0.2) is 38.5 Å². The van der Waals surface area contributed by atoms with E-state index in [0.29, 0.717) is 10.6 Å². The Morgan fingerprint density at radius 2 is 2.00 bits per heavy atom. The van der Waals surface area contributed by atoms with Crippen molar-refractivity contribution < 1.29 is 9.59 Å². The van der Waals surface area contributed by atoms with Crippen LogP contribution in [0.3, 0.4) is 0 Å². The topological polar surface area (TPSA) is 71.0 Å². The molecule has 7 heteroatoms. The van der Waals surface area contributed by atoms with Gasteiger partial charge in [-0.2, -0.15) is 5.10 Å². The number of aromatic amines is 1. The van der Waals surface area contributed by atoms with Gasteiger partial charge in [-0.15, -0.1) is 0 Å². The number of hydrogen-bond donors (Lipinski definition) is 1. The van der Waals surface area contributed by atoms with Crippen molar-refractivity contribution in [1.82, 2.24) is 19.7 Å². The molecular weight excluding hydrogens is 276 g/mol. The third-order valence-corrected chi connectivity index (χ3v) is 3.69. The highest BCUT2D eigenvalue weighted by molar-refractivity contribution is 7.71. The molecule has 0 bridgehead atoms. The second-order valence-corrected chi connectivity index (χ2v) is 4.99. The third kappa shape index (κ3) is 1.87. The molecule has 1 saturated heterocycles. The van der Waals surface area contributed by atoms with Crippen LogP contribution in [0.25, 0.3) is 11.4 Å². The van der Waals surface area contributed by atoms with E-state index in [9.17, 15) is 9.59 Å². The summed E-state index contributed by atoms with van der Waals surface area (Å²) in [6, 6.07) is 8.80. The Kier molecular flexibility index (Phi) is 2.98. The maximum atomic E-state index is 12.1. The van der Waals surface area contributed by atoms with Crippen LogP contribution in [-0.2, 0) is 9.59 Å². The minimum Gasteiger partial charge on any atom is -0.287 e. The normalized spacial score (nSPS) is 18.9. The van der Waals surface area contributed by atoms with Crippen molar-refractivity contribution in [2.45, 2.75) is 12.5 Å². The van der Waals surface area contributed by atoms with Gasteiger partial charge in [-0.05, 0) is 12.2 Å². The second-order valence-electron chi connectivity index (χ2n) is 4.60. The van der Waals surface area contributed by atoms with Crippen LogP contribution >= 0.6 is 12.2 Å². The second kappa shape index (κ2) is 4.68. The van der Waals surface area contributed by atoms with E-state index in [0.717, 1.165) is 10.5 Å². The number of nitrogens with one attached hydrogen (secondary N) is 1. The lowest BCUT2D eigenvalue weighted by atomic mass is 10.2. The Labute approximate surface area is 120 Å². The van der Waals surface area contributed by atoms with Gasteiger partial charge < -0.3 is 0 Å². The van der Waals surface area contributed by atoms with Crippen LogP contribution in [0.2, 0.25) is 0 Å². The molecule has 0 spiro atoms. The molecule has 2 heterocycles. The van der Waals surface area contributed by atoms with Gasteiger partial charge in [0, 0.05) is 12.6 Å². The Morgan fingerprint density at radius 3 is 2.60 bits per heavy atom. The minimum absolute atomic E-state index is 0.114. The first kappa shape index (κ1) is 12.7. The number of amides is 2. The molecule has 3 rings (SSSR count). The number of imide groups is 1. The maximum Gasteiger partial charge on any atom is 0.252 e. The maximum absolute atomic E-state index is 12.1. The number of benzene rings is 1. The fourth-order valence-electron chi connectivity index (χ4n) is 2.32. The number of hydrogen-bond acceptors (Lipinski definition) is 4. The van der Waals surface area contributed by atoms with Gasteiger partial charge in [-0.25, -0.2) is 0 Å². The summed E-state index contributed by atoms with van der Waals surface area (Å²) in [6.07, 6.45) is 0.114. The van der Waals surface area contributed by atoms with Crippen LogP contribution in [0, 0.1) is 4.77 Å². The largest absolute Gasteiger partial charge is 0.287 e. The molecule has 1 aliphatic rings. The SMILES string of the molecule is CN1C(=O)CC(n2c(-c3ccccc3)n[nH]c2=S)C1=O. The van der Waals surface area contributed by atoms with Gasteiger partial charge in [0.05, 0.1) is 6.42 Å². The predicted molar refractivity (Wildman–Crippen MR) is 74.3 cm³/mol. The monoisotopic (exact) mass is 288 g/mol. The molecule has 102 valence electrons. The van der Waals surface area contributed by atoms with Crippen molar-refractivity contribution in [3.05, 3.63) is 35.1 Å². The average molecular weight is 288 g/mol. The molecule has 1 aromatic heterocycles. The third-order valence-electron chi connectivity index (χ3n) is 3.41. The Bertz CT molecular complexity index is 734. The van der Waals surface area contributed by atoms with Crippen molar-refractivity contribution in [3.63, 3.8) is 0 Å². The Balaban J connectivity index is 2.12. The summed E-state index contributed by atoms with van der Waals surface area (Å²) in [6.45, 7) is 0. The molecule has 20 heavy (non-hydrogen) atoms. The fourth-order valence-corrected chi connectivity index (χ4v) is 2.58. The number of H-pyrrole nitrogens is 1. The number of likely N-dealkylation sites (tertiary alicyclic amines) is 1. The number of nitrogens with zero attached hydrogens (tertiary/aromatic N) is 3. The van der Waals surface area contributed by atoms with E-state index in [1.165, 1.54) is 7.05 Å². The van der Waals surface area contributed by atoms with E-state index in [1.54, 1.807) is 4.57 Å². The summed E-state index contributed by atoms with van der Waals surface area (Å²) in [4.78, 5) is 25.0. The zero-order valence-electron chi connectivity index (χ0n) is 10.7. The first-order valence-corrected chi connectivity index (χ1v) is 6.53. The minimum atomic E-state index is -0.617. The highest BCUT2D eigenvalue weighted by Crippen LogP contribution is 2.28. The van der Waals surface area contributed by atoms with Gasteiger partial charge in [0.25, 0.3) is 5.91 Å². The highest BCUT2D eigenvalue weighted by atomic mass is 32.1. The molecule has 1 aliphatic heterocycles. The Hall–Kier alpha value is -2.28. The summed E-state index contributed by atoms with van der Waals surface area (Å²) in [5.74, 6) is 0.101. The molecular formula is C13H12N4O2S. The lowest BCUT2D eigenvalue weighted by Crippen LogP contribution is -2.27. The van der Waals surface area contributed by atoms with E-state index < -0.39 is 6.04 Å². The van der Waals surface area contributed by atoms with E-state index in [-0.39, 0.29) is 18.2 Å². The Morgan fingerprint density at radius 1 is 1.30 bits per heavy atom. The number of carbonyl (C=O) groups excluding carboxylic acids is 2. The van der Waals surface area contributed by atoms with Gasteiger partial charge in [0.2, 0.25) is 5.91 Å². The molecule has 6 nitrogen and oxygen atoms in total. The summed E-state index contributed by atoms with van der Waals surface area (Å²) in [7, 11) is 1.48. The van der Waals surface area contributed by atoms with Crippen LogP contribution in [0.5, 0.6) is 0 Å². The molecule has 0 radical (unpaired) electrons. The van der Waals surface area contributed by atoms with Crippen molar-refractivity contribution in [1.29, 1.82) is 0 Å². The molecule has 1 N–H and O–H groups in total. The molecule has 1 aromatic carbocycles. The first-order valence-electron chi connectivity index (χ1n) is 6.12. The zero-order valence-corrected chi connectivity index (χ0v) is 11.6. The summed E-state index contributed by atoms with van der Waals surface area (Å²) in [5.41, 5.74) is 0.842. The van der Waals surface area contributed by atoms with Crippen LogP contribution < -0.4 is 0 Å². The van der Waals surface area contributed by atoms with Crippen LogP contribution in [0.4, 0.5) is 0 Å². The first-order chi connectivity index (χ1) is 9.59. The summed E-state index contributed by atoms with van der Waals surface area (Å²) < 4.78 is 1.96. The lowest BCUT2D eigenvalue weighted by Gasteiger charge is -2.12. The molecule has 2 amide bonds. The molecule has 1 unspecified atom stereocenters. The molecule has 0 saturated carbocycles. The van der Waals surface area contributed by atoms with Gasteiger partial charge in [0.15, 0.2) is 10.6 Å². The average Bonchev–Trinajstić information content (AvgIpc) is 2.95. The number of likely N-dealkylation sites (N-methyl/N-ethyl adjacent to an activating group) is 1. The van der Waals surface area contributed by atoms with Crippen molar-refractivity contribution >= 4 is 24.0 Å². The van der Waals surface area contributed by atoms with Crippen LogP contribution in [0.1, 0.15) is 12.5 Å². The van der Waals surface area contributed by atoms with Crippen molar-refractivity contribution in [2.75, 3.05) is 7.05 Å². The van der Waals surface area contributed by atoms with E-state index in [1.807, 2.05) is 30.3 Å². The number of rotatable bonds is 2. The van der Waals surface area contributed by atoms with Crippen molar-refractivity contribution in [2.24, 2.45) is 0 Å². The van der Waals surface area contributed by atoms with Gasteiger partial charge in [0.1, 0.15) is 6.04 Å². The predicted octanol–water partition coefficient (Wildman–Crippen LogP) is 1.54. The molecule has 1 fully saturated rings. The smallest absolute Gasteiger partial charge is 0.252 e. The van der Waals surface area contributed by atoms with E-state index in [2.05, 4.69) is 10.2 Å². The molecule has 0 aliphatic carbocycles. The van der Waals surface area contributed by atoms with Gasteiger partial charge in [-0.1, -0.05) is 30.3 Å².